The number of benzene rings is 1. The molecular formula is C22H31N5O3. The highest BCUT2D eigenvalue weighted by Gasteiger charge is 2.32. The fourth-order valence-electron chi connectivity index (χ4n) is 3.72. The van der Waals surface area contributed by atoms with Crippen molar-refractivity contribution in [2.24, 2.45) is 0 Å². The number of hydrogen-bond donors (Lipinski definition) is 2. The molecule has 30 heavy (non-hydrogen) atoms. The molecule has 1 aromatic carbocycles. The second kappa shape index (κ2) is 10.2. The van der Waals surface area contributed by atoms with Gasteiger partial charge in [-0.15, -0.1) is 0 Å². The quantitative estimate of drug-likeness (QED) is 0.653. The maximum atomic E-state index is 12.9. The molecule has 0 aliphatic carbocycles. The molecule has 2 N–H and O–H groups in total. The van der Waals surface area contributed by atoms with Crippen molar-refractivity contribution >= 4 is 11.8 Å². The number of amides is 2. The number of aryl methyl sites for hydroxylation is 1. The van der Waals surface area contributed by atoms with E-state index in [0.717, 1.165) is 35.5 Å². The van der Waals surface area contributed by atoms with Crippen molar-refractivity contribution in [3.63, 3.8) is 0 Å². The predicted molar refractivity (Wildman–Crippen MR) is 114 cm³/mol. The third kappa shape index (κ3) is 5.60. The Morgan fingerprint density at radius 3 is 2.97 bits per heavy atom. The Hall–Kier alpha value is -2.87. The third-order valence-electron chi connectivity index (χ3n) is 5.35. The lowest BCUT2D eigenvalue weighted by Crippen LogP contribution is -2.56. The fraction of sp³-hybridized carbons (Fsp3) is 0.500. The molecule has 0 spiro atoms. The Balaban J connectivity index is 1.63. The van der Waals surface area contributed by atoms with E-state index in [2.05, 4.69) is 27.3 Å². The van der Waals surface area contributed by atoms with E-state index in [1.807, 2.05) is 30.3 Å². The number of nitrogens with one attached hydrogen (secondary N) is 2. The summed E-state index contributed by atoms with van der Waals surface area (Å²) in [6.07, 6.45) is 2.08. The molecule has 1 aromatic heterocycles. The van der Waals surface area contributed by atoms with E-state index in [1.165, 1.54) is 0 Å². The van der Waals surface area contributed by atoms with Gasteiger partial charge in [-0.1, -0.05) is 25.5 Å². The number of piperazine rings is 1. The maximum absolute atomic E-state index is 12.9. The van der Waals surface area contributed by atoms with Crippen LogP contribution < -0.4 is 10.1 Å². The molecule has 162 valence electrons. The van der Waals surface area contributed by atoms with Crippen LogP contribution in [0.25, 0.3) is 0 Å². The Kier molecular flexibility index (Phi) is 7.46. The highest BCUT2D eigenvalue weighted by atomic mass is 16.5. The van der Waals surface area contributed by atoms with Gasteiger partial charge < -0.3 is 15.0 Å². The molecule has 1 fully saturated rings. The minimum absolute atomic E-state index is 0.0701. The zero-order chi connectivity index (χ0) is 21.5. The van der Waals surface area contributed by atoms with Crippen LogP contribution in [0.3, 0.4) is 0 Å². The first kappa shape index (κ1) is 21.8. The monoisotopic (exact) mass is 413 g/mol. The van der Waals surface area contributed by atoms with Crippen LogP contribution in [0.4, 0.5) is 0 Å². The summed E-state index contributed by atoms with van der Waals surface area (Å²) in [6, 6.07) is 9.30. The van der Waals surface area contributed by atoms with Crippen LogP contribution in [0.2, 0.25) is 0 Å². The van der Waals surface area contributed by atoms with Gasteiger partial charge in [0.15, 0.2) is 0 Å². The minimum atomic E-state index is -0.489. The van der Waals surface area contributed by atoms with Gasteiger partial charge in [-0.25, -0.2) is 0 Å². The van der Waals surface area contributed by atoms with Crippen molar-refractivity contribution in [1.82, 2.24) is 25.3 Å². The SMILES string of the molecule is CCCc1cc(CN(C)C(=O)C[C@H]2C(=O)NCCN2Cc2cccc(OC)c2)[nH]n1. The predicted octanol–water partition coefficient (Wildman–Crippen LogP) is 1.72. The molecular weight excluding hydrogens is 382 g/mol. The van der Waals surface area contributed by atoms with Crippen LogP contribution in [0.5, 0.6) is 5.75 Å². The van der Waals surface area contributed by atoms with E-state index in [9.17, 15) is 9.59 Å². The van der Waals surface area contributed by atoms with Gasteiger partial charge >= 0.3 is 0 Å². The van der Waals surface area contributed by atoms with E-state index in [-0.39, 0.29) is 18.2 Å². The molecule has 0 bridgehead atoms. The maximum Gasteiger partial charge on any atom is 0.237 e. The van der Waals surface area contributed by atoms with Gasteiger partial charge in [-0.3, -0.25) is 19.6 Å². The van der Waals surface area contributed by atoms with Gasteiger partial charge in [0.05, 0.1) is 37.5 Å². The Morgan fingerprint density at radius 1 is 1.37 bits per heavy atom. The van der Waals surface area contributed by atoms with Gasteiger partial charge in [-0.05, 0) is 30.2 Å². The molecule has 8 nitrogen and oxygen atoms in total. The van der Waals surface area contributed by atoms with Crippen molar-refractivity contribution in [1.29, 1.82) is 0 Å². The van der Waals surface area contributed by atoms with E-state index in [0.29, 0.717) is 26.2 Å². The van der Waals surface area contributed by atoms with Crippen molar-refractivity contribution in [3.8, 4) is 5.75 Å². The first-order valence-electron chi connectivity index (χ1n) is 10.4. The molecule has 1 saturated heterocycles. The van der Waals surface area contributed by atoms with Crippen LogP contribution in [0, 0.1) is 0 Å². The lowest BCUT2D eigenvalue weighted by Gasteiger charge is -2.35. The van der Waals surface area contributed by atoms with Crippen molar-refractivity contribution in [2.45, 2.75) is 45.3 Å². The summed E-state index contributed by atoms with van der Waals surface area (Å²) in [7, 11) is 3.39. The standard InChI is InChI=1S/C22H31N5O3/c1-4-6-17-12-18(25-24-17)15-26(2)21(28)13-20-22(29)23-9-10-27(20)14-16-7-5-8-19(11-16)30-3/h5,7-8,11-12,20H,4,6,9-10,13-15H2,1-3H3,(H,23,29)(H,24,25)/t20-/m0/s1. The number of aromatic amines is 1. The van der Waals surface area contributed by atoms with Gasteiger partial charge in [0.25, 0.3) is 0 Å². The zero-order valence-electron chi connectivity index (χ0n) is 18.0. The molecule has 8 heteroatoms. The lowest BCUT2D eigenvalue weighted by atomic mass is 10.1. The van der Waals surface area contributed by atoms with E-state index < -0.39 is 6.04 Å². The van der Waals surface area contributed by atoms with Crippen molar-refractivity contribution in [2.75, 3.05) is 27.2 Å². The first-order chi connectivity index (χ1) is 14.5. The molecule has 0 radical (unpaired) electrons. The van der Waals surface area contributed by atoms with Crippen molar-refractivity contribution < 1.29 is 14.3 Å². The Labute approximate surface area is 177 Å². The van der Waals surface area contributed by atoms with Crippen LogP contribution in [-0.4, -0.2) is 65.1 Å². The topological polar surface area (TPSA) is 90.6 Å². The van der Waals surface area contributed by atoms with Crippen LogP contribution in [0.1, 0.15) is 36.7 Å². The number of H-pyrrole nitrogens is 1. The number of rotatable bonds is 9. The minimum Gasteiger partial charge on any atom is -0.497 e. The Morgan fingerprint density at radius 2 is 2.20 bits per heavy atom. The summed E-state index contributed by atoms with van der Waals surface area (Å²) in [5, 5.41) is 10.2. The first-order valence-corrected chi connectivity index (χ1v) is 10.4. The number of methoxy groups -OCH3 is 1. The normalized spacial score (nSPS) is 16.9. The van der Waals surface area contributed by atoms with E-state index in [4.69, 9.17) is 4.74 Å². The van der Waals surface area contributed by atoms with Crippen LogP contribution >= 0.6 is 0 Å². The number of carbonyl (C=O) groups excluding carboxylic acids is 2. The van der Waals surface area contributed by atoms with E-state index >= 15 is 0 Å². The number of aromatic nitrogens is 2. The molecule has 0 saturated carbocycles. The summed E-state index contributed by atoms with van der Waals surface area (Å²) in [5.74, 6) is 0.611. The highest BCUT2D eigenvalue weighted by molar-refractivity contribution is 5.88. The van der Waals surface area contributed by atoms with Gasteiger partial charge in [0.1, 0.15) is 5.75 Å². The zero-order valence-corrected chi connectivity index (χ0v) is 18.0. The van der Waals surface area contributed by atoms with Crippen LogP contribution in [-0.2, 0) is 29.1 Å². The molecule has 2 amide bonds. The smallest absolute Gasteiger partial charge is 0.237 e. The second-order valence-corrected chi connectivity index (χ2v) is 7.72. The number of nitrogens with zero attached hydrogens (tertiary/aromatic N) is 3. The van der Waals surface area contributed by atoms with E-state index in [1.54, 1.807) is 19.1 Å². The molecule has 1 atom stereocenters. The highest BCUT2D eigenvalue weighted by Crippen LogP contribution is 2.19. The van der Waals surface area contributed by atoms with Crippen LogP contribution in [0.15, 0.2) is 30.3 Å². The molecule has 2 aromatic rings. The number of carbonyl (C=O) groups is 2. The summed E-state index contributed by atoms with van der Waals surface area (Å²) < 4.78 is 5.29. The number of ether oxygens (including phenoxy) is 1. The Bertz CT molecular complexity index is 866. The van der Waals surface area contributed by atoms with Gasteiger partial charge in [-0.2, -0.15) is 5.10 Å². The molecule has 2 heterocycles. The van der Waals surface area contributed by atoms with Crippen molar-refractivity contribution in [3.05, 3.63) is 47.3 Å². The third-order valence-corrected chi connectivity index (χ3v) is 5.35. The molecule has 1 aliphatic rings. The van der Waals surface area contributed by atoms with Gasteiger partial charge in [0, 0.05) is 26.7 Å². The average molecular weight is 414 g/mol. The molecule has 0 unspecified atom stereocenters. The largest absolute Gasteiger partial charge is 0.497 e. The summed E-state index contributed by atoms with van der Waals surface area (Å²) in [4.78, 5) is 29.1. The summed E-state index contributed by atoms with van der Waals surface area (Å²) >= 11 is 0. The fourth-order valence-corrected chi connectivity index (χ4v) is 3.72. The second-order valence-electron chi connectivity index (χ2n) is 7.72. The summed E-state index contributed by atoms with van der Waals surface area (Å²) in [6.45, 7) is 4.42. The summed E-state index contributed by atoms with van der Waals surface area (Å²) in [5.41, 5.74) is 2.95. The molecule has 3 rings (SSSR count). The van der Waals surface area contributed by atoms with Gasteiger partial charge in [0.2, 0.25) is 11.8 Å². The number of hydrogen-bond acceptors (Lipinski definition) is 5. The lowest BCUT2D eigenvalue weighted by molar-refractivity contribution is -0.138. The molecule has 1 aliphatic heterocycles. The average Bonchev–Trinajstić information content (AvgIpc) is 3.17.